The van der Waals surface area contributed by atoms with Gasteiger partial charge in [-0.3, -0.25) is 9.89 Å². The van der Waals surface area contributed by atoms with Gasteiger partial charge < -0.3 is 15.0 Å². The number of nitrogens with one attached hydrogen (secondary N) is 2. The Kier molecular flexibility index (Phi) is 6.64. The lowest BCUT2D eigenvalue weighted by Crippen LogP contribution is -2.41. The van der Waals surface area contributed by atoms with Gasteiger partial charge >= 0.3 is 6.09 Å². The quantitative estimate of drug-likeness (QED) is 0.748. The first-order chi connectivity index (χ1) is 14.0. The second-order valence-corrected chi connectivity index (χ2v) is 7.29. The summed E-state index contributed by atoms with van der Waals surface area (Å²) in [5.41, 5.74) is 2.40. The third kappa shape index (κ3) is 5.01. The molecule has 0 radical (unpaired) electrons. The molecule has 2 aromatic rings. The van der Waals surface area contributed by atoms with Crippen LogP contribution in [0.2, 0.25) is 0 Å². The van der Waals surface area contributed by atoms with E-state index in [4.69, 9.17) is 0 Å². The lowest BCUT2D eigenvalue weighted by Gasteiger charge is -2.28. The summed E-state index contributed by atoms with van der Waals surface area (Å²) in [5, 5.41) is 10.8. The van der Waals surface area contributed by atoms with E-state index in [1.807, 2.05) is 25.1 Å². The number of nitrogens with zero attached hydrogens (tertiary/aromatic N) is 3. The fourth-order valence-electron chi connectivity index (χ4n) is 3.34. The van der Waals surface area contributed by atoms with E-state index < -0.39 is 6.09 Å². The first-order valence-electron chi connectivity index (χ1n) is 9.79. The monoisotopic (exact) mass is 397 g/mol. The summed E-state index contributed by atoms with van der Waals surface area (Å²) < 4.78 is 4.61. The van der Waals surface area contributed by atoms with Crippen molar-refractivity contribution in [3.8, 4) is 0 Å². The Morgan fingerprint density at radius 2 is 2.28 bits per heavy atom. The van der Waals surface area contributed by atoms with Crippen LogP contribution in [0.15, 0.2) is 42.3 Å². The Bertz CT molecular complexity index is 933. The largest absolute Gasteiger partial charge is 0.453 e. The molecule has 2 N–H and O–H groups in total. The zero-order valence-electron chi connectivity index (χ0n) is 17.0. The smallest absolute Gasteiger partial charge is 0.406 e. The molecule has 2 amide bonds. The highest BCUT2D eigenvalue weighted by Gasteiger charge is 2.25. The number of alkyl carbamates (subject to hydrolysis) is 1. The third-order valence-corrected chi connectivity index (χ3v) is 5.00. The highest BCUT2D eigenvalue weighted by molar-refractivity contribution is 5.83. The maximum atomic E-state index is 13.3. The van der Waals surface area contributed by atoms with Gasteiger partial charge in [0.1, 0.15) is 0 Å². The molecule has 154 valence electrons. The Hall–Kier alpha value is -3.16. The average molecular weight is 397 g/mol. The molecule has 2 aromatic heterocycles. The van der Waals surface area contributed by atoms with Gasteiger partial charge in [-0.05, 0) is 30.5 Å². The van der Waals surface area contributed by atoms with Gasteiger partial charge in [-0.25, -0.2) is 9.78 Å². The number of pyridine rings is 1. The predicted octanol–water partition coefficient (Wildman–Crippen LogP) is 2.80. The van der Waals surface area contributed by atoms with Crippen LogP contribution >= 0.6 is 0 Å². The molecule has 3 rings (SSSR count). The molecule has 1 aliphatic carbocycles. The number of carbonyl (C=O) groups is 2. The number of amides is 2. The number of aromatic amines is 1. The summed E-state index contributed by atoms with van der Waals surface area (Å²) in [4.78, 5) is 30.6. The fourth-order valence-corrected chi connectivity index (χ4v) is 3.34. The minimum Gasteiger partial charge on any atom is -0.453 e. The zero-order chi connectivity index (χ0) is 20.8. The first kappa shape index (κ1) is 20.6. The van der Waals surface area contributed by atoms with E-state index in [9.17, 15) is 9.59 Å². The molecule has 2 heterocycles. The lowest BCUT2D eigenvalue weighted by molar-refractivity contribution is -0.132. The molecule has 0 aliphatic heterocycles. The molecule has 2 atom stereocenters. The Labute approximate surface area is 170 Å². The molecule has 0 bridgehead atoms. The number of aromatic nitrogens is 3. The number of fused-ring (bicyclic) bond motifs is 1. The van der Waals surface area contributed by atoms with Crippen LogP contribution in [0.1, 0.15) is 26.0 Å². The van der Waals surface area contributed by atoms with E-state index >= 15 is 0 Å². The topological polar surface area (TPSA) is 100 Å². The molecule has 0 saturated carbocycles. The maximum absolute atomic E-state index is 13.3. The second kappa shape index (κ2) is 9.36. The number of methoxy groups -OCH3 is 1. The summed E-state index contributed by atoms with van der Waals surface area (Å²) in [6.45, 7) is 4.72. The summed E-state index contributed by atoms with van der Waals surface area (Å²) in [5.74, 6) is 0.171. The lowest BCUT2D eigenvalue weighted by atomic mass is 9.98. The predicted molar refractivity (Wildman–Crippen MR) is 110 cm³/mol. The number of carbonyl (C=O) groups excluding carboxylic acids is 2. The summed E-state index contributed by atoms with van der Waals surface area (Å²) in [6, 6.07) is 3.81. The van der Waals surface area contributed by atoms with Gasteiger partial charge in [0.2, 0.25) is 5.91 Å². The molecule has 0 spiro atoms. The Morgan fingerprint density at radius 1 is 1.45 bits per heavy atom. The number of hydrogen-bond donors (Lipinski definition) is 2. The SMILES string of the molecule is COC(=O)NCCN(C(=O)C(C)Cc1[nH]nc2ncccc12)C1=CCC(C)C=C1. The van der Waals surface area contributed by atoms with Crippen molar-refractivity contribution in [2.45, 2.75) is 26.7 Å². The zero-order valence-corrected chi connectivity index (χ0v) is 17.0. The van der Waals surface area contributed by atoms with Crippen LogP contribution in [0.4, 0.5) is 4.79 Å². The minimum absolute atomic E-state index is 0.00578. The van der Waals surface area contributed by atoms with E-state index in [1.54, 1.807) is 11.1 Å². The molecule has 0 saturated heterocycles. The number of hydrogen-bond acceptors (Lipinski definition) is 5. The Balaban J connectivity index is 1.73. The summed E-state index contributed by atoms with van der Waals surface area (Å²) in [6.07, 6.45) is 8.74. The molecule has 1 aliphatic rings. The number of allylic oxidation sites excluding steroid dienone is 3. The van der Waals surface area contributed by atoms with Crippen molar-refractivity contribution in [1.82, 2.24) is 25.4 Å². The molecular weight excluding hydrogens is 370 g/mol. The number of rotatable bonds is 7. The average Bonchev–Trinajstić information content (AvgIpc) is 3.14. The van der Waals surface area contributed by atoms with Crippen molar-refractivity contribution in [3.63, 3.8) is 0 Å². The van der Waals surface area contributed by atoms with Crippen LogP contribution in [0.5, 0.6) is 0 Å². The number of ether oxygens (including phenoxy) is 1. The van der Waals surface area contributed by atoms with Crippen LogP contribution in [0, 0.1) is 11.8 Å². The van der Waals surface area contributed by atoms with E-state index in [2.05, 4.69) is 44.3 Å². The second-order valence-electron chi connectivity index (χ2n) is 7.29. The van der Waals surface area contributed by atoms with Crippen LogP contribution in [-0.2, 0) is 16.0 Å². The fraction of sp³-hybridized carbons (Fsp3) is 0.429. The molecular formula is C21H27N5O3. The maximum Gasteiger partial charge on any atom is 0.406 e. The van der Waals surface area contributed by atoms with Crippen molar-refractivity contribution >= 4 is 23.0 Å². The molecule has 2 unspecified atom stereocenters. The van der Waals surface area contributed by atoms with Crippen LogP contribution in [0.25, 0.3) is 11.0 Å². The number of H-pyrrole nitrogens is 1. The van der Waals surface area contributed by atoms with Gasteiger partial charge in [0.05, 0.1) is 7.11 Å². The van der Waals surface area contributed by atoms with Crippen LogP contribution < -0.4 is 5.32 Å². The van der Waals surface area contributed by atoms with E-state index in [1.165, 1.54) is 7.11 Å². The van der Waals surface area contributed by atoms with Gasteiger partial charge in [0.15, 0.2) is 5.65 Å². The highest BCUT2D eigenvalue weighted by Crippen LogP contribution is 2.23. The van der Waals surface area contributed by atoms with Gasteiger partial charge in [-0.1, -0.05) is 26.0 Å². The van der Waals surface area contributed by atoms with Crippen LogP contribution in [-0.4, -0.2) is 52.3 Å². The van der Waals surface area contributed by atoms with Crippen molar-refractivity contribution in [1.29, 1.82) is 0 Å². The summed E-state index contributed by atoms with van der Waals surface area (Å²) in [7, 11) is 1.32. The van der Waals surface area contributed by atoms with Crippen LogP contribution in [0.3, 0.4) is 0 Å². The normalized spacial score (nSPS) is 16.9. The molecule has 8 heteroatoms. The van der Waals surface area contributed by atoms with E-state index in [0.29, 0.717) is 31.1 Å². The van der Waals surface area contributed by atoms with Crippen molar-refractivity contribution in [2.24, 2.45) is 11.8 Å². The summed E-state index contributed by atoms with van der Waals surface area (Å²) >= 11 is 0. The minimum atomic E-state index is -0.510. The van der Waals surface area contributed by atoms with Crippen molar-refractivity contribution in [2.75, 3.05) is 20.2 Å². The first-order valence-corrected chi connectivity index (χ1v) is 9.79. The highest BCUT2D eigenvalue weighted by atomic mass is 16.5. The van der Waals surface area contributed by atoms with Gasteiger partial charge in [0, 0.05) is 48.4 Å². The van der Waals surface area contributed by atoms with Crippen molar-refractivity contribution < 1.29 is 14.3 Å². The molecule has 8 nitrogen and oxygen atoms in total. The van der Waals surface area contributed by atoms with Crippen molar-refractivity contribution in [3.05, 3.63) is 47.9 Å². The third-order valence-electron chi connectivity index (χ3n) is 5.00. The Morgan fingerprint density at radius 3 is 3.00 bits per heavy atom. The van der Waals surface area contributed by atoms with Gasteiger partial charge in [0.25, 0.3) is 0 Å². The molecule has 29 heavy (non-hydrogen) atoms. The standard InChI is InChI=1S/C21H27N5O3/c1-14-6-8-16(9-7-14)26(12-11-23-21(28)29-3)20(27)15(2)13-18-17-5-4-10-22-19(17)25-24-18/h4-6,8-10,14-15H,7,11-13H2,1-3H3,(H,23,28)(H,22,24,25). The van der Waals surface area contributed by atoms with E-state index in [-0.39, 0.29) is 11.8 Å². The van der Waals surface area contributed by atoms with E-state index in [0.717, 1.165) is 23.2 Å². The van der Waals surface area contributed by atoms with Gasteiger partial charge in [-0.2, -0.15) is 5.10 Å². The molecule has 0 aromatic carbocycles. The molecule has 0 fully saturated rings. The van der Waals surface area contributed by atoms with Gasteiger partial charge in [-0.15, -0.1) is 0 Å².